The fourth-order valence-electron chi connectivity index (χ4n) is 3.23. The largest absolute Gasteiger partial charge is 0.390 e. The van der Waals surface area contributed by atoms with Crippen molar-refractivity contribution in [2.75, 3.05) is 19.6 Å². The summed E-state index contributed by atoms with van der Waals surface area (Å²) in [6.45, 7) is 5.27. The number of likely N-dealkylation sites (N-methyl/N-ethyl adjacent to an activating group) is 1. The standard InChI is InChI=1S/C13H25F3N2/c1-3-18(8-7-13(14,15)16)12(10-17)6-4-5-11(2)9-12/h11H,3-10,17H2,1-2H3. The summed E-state index contributed by atoms with van der Waals surface area (Å²) in [6, 6.07) is 0. The highest BCUT2D eigenvalue weighted by atomic mass is 19.4. The lowest BCUT2D eigenvalue weighted by molar-refractivity contribution is -0.142. The average Bonchev–Trinajstić information content (AvgIpc) is 2.28. The lowest BCUT2D eigenvalue weighted by Gasteiger charge is -2.47. The van der Waals surface area contributed by atoms with Gasteiger partial charge in [0.05, 0.1) is 6.42 Å². The Morgan fingerprint density at radius 2 is 2.06 bits per heavy atom. The van der Waals surface area contributed by atoms with Crippen molar-refractivity contribution in [3.8, 4) is 0 Å². The molecular weight excluding hydrogens is 241 g/mol. The van der Waals surface area contributed by atoms with Crippen LogP contribution in [-0.2, 0) is 0 Å². The van der Waals surface area contributed by atoms with Crippen LogP contribution in [-0.4, -0.2) is 36.2 Å². The van der Waals surface area contributed by atoms with Crippen LogP contribution in [0.25, 0.3) is 0 Å². The van der Waals surface area contributed by atoms with Crippen LogP contribution < -0.4 is 5.73 Å². The van der Waals surface area contributed by atoms with Crippen LogP contribution >= 0.6 is 0 Å². The third-order valence-electron chi connectivity index (χ3n) is 4.17. The minimum absolute atomic E-state index is 0.0733. The number of nitrogens with two attached hydrogens (primary N) is 1. The van der Waals surface area contributed by atoms with Gasteiger partial charge in [0, 0.05) is 18.6 Å². The molecule has 2 unspecified atom stereocenters. The summed E-state index contributed by atoms with van der Waals surface area (Å²) in [4.78, 5) is 1.95. The van der Waals surface area contributed by atoms with E-state index in [-0.39, 0.29) is 12.1 Å². The molecule has 5 heteroatoms. The van der Waals surface area contributed by atoms with Crippen molar-refractivity contribution in [2.45, 2.75) is 57.7 Å². The quantitative estimate of drug-likeness (QED) is 0.828. The Labute approximate surface area is 108 Å². The van der Waals surface area contributed by atoms with Gasteiger partial charge in [-0.15, -0.1) is 0 Å². The molecule has 0 aliphatic heterocycles. The van der Waals surface area contributed by atoms with Crippen molar-refractivity contribution < 1.29 is 13.2 Å². The van der Waals surface area contributed by atoms with Crippen molar-refractivity contribution in [3.05, 3.63) is 0 Å². The van der Waals surface area contributed by atoms with Crippen molar-refractivity contribution in [1.82, 2.24) is 4.90 Å². The number of alkyl halides is 3. The minimum Gasteiger partial charge on any atom is -0.329 e. The molecular formula is C13H25F3N2. The van der Waals surface area contributed by atoms with Gasteiger partial charge in [-0.2, -0.15) is 13.2 Å². The highest BCUT2D eigenvalue weighted by Crippen LogP contribution is 2.36. The molecule has 0 heterocycles. The molecule has 2 N–H and O–H groups in total. The normalized spacial score (nSPS) is 29.8. The highest BCUT2D eigenvalue weighted by Gasteiger charge is 2.39. The molecule has 108 valence electrons. The van der Waals surface area contributed by atoms with Crippen LogP contribution in [0, 0.1) is 5.92 Å². The predicted octanol–water partition coefficient (Wildman–Crippen LogP) is 3.17. The van der Waals surface area contributed by atoms with Gasteiger partial charge in [-0.3, -0.25) is 4.90 Å². The summed E-state index contributed by atoms with van der Waals surface area (Å²) in [6.07, 6.45) is -0.728. The Hall–Kier alpha value is -0.290. The van der Waals surface area contributed by atoms with E-state index in [9.17, 15) is 13.2 Å². The molecule has 0 spiro atoms. The van der Waals surface area contributed by atoms with E-state index in [1.165, 1.54) is 6.42 Å². The fourth-order valence-corrected chi connectivity index (χ4v) is 3.23. The molecule has 1 aliphatic carbocycles. The molecule has 18 heavy (non-hydrogen) atoms. The third kappa shape index (κ3) is 4.12. The lowest BCUT2D eigenvalue weighted by atomic mass is 9.75. The number of hydrogen-bond acceptors (Lipinski definition) is 2. The first kappa shape index (κ1) is 15.8. The van der Waals surface area contributed by atoms with E-state index < -0.39 is 12.6 Å². The Bertz CT molecular complexity index is 255. The summed E-state index contributed by atoms with van der Waals surface area (Å²) in [5.74, 6) is 0.558. The maximum atomic E-state index is 12.4. The lowest BCUT2D eigenvalue weighted by Crippen LogP contribution is -2.56. The van der Waals surface area contributed by atoms with Gasteiger partial charge < -0.3 is 5.73 Å². The SMILES string of the molecule is CCN(CCC(F)(F)F)C1(CN)CCCC(C)C1. The summed E-state index contributed by atoms with van der Waals surface area (Å²) >= 11 is 0. The molecule has 0 aromatic carbocycles. The highest BCUT2D eigenvalue weighted by molar-refractivity contribution is 4.95. The van der Waals surface area contributed by atoms with E-state index in [0.29, 0.717) is 19.0 Å². The molecule has 0 saturated heterocycles. The Balaban J connectivity index is 2.70. The minimum atomic E-state index is -4.08. The van der Waals surface area contributed by atoms with Gasteiger partial charge in [-0.1, -0.05) is 26.7 Å². The molecule has 1 fully saturated rings. The van der Waals surface area contributed by atoms with Gasteiger partial charge in [0.25, 0.3) is 0 Å². The van der Waals surface area contributed by atoms with E-state index in [1.807, 2.05) is 11.8 Å². The first-order valence-electron chi connectivity index (χ1n) is 6.85. The Morgan fingerprint density at radius 3 is 2.50 bits per heavy atom. The summed E-state index contributed by atoms with van der Waals surface area (Å²) in [5.41, 5.74) is 5.68. The maximum absolute atomic E-state index is 12.4. The van der Waals surface area contributed by atoms with Crippen LogP contribution in [0.5, 0.6) is 0 Å². The van der Waals surface area contributed by atoms with Crippen LogP contribution in [0.3, 0.4) is 0 Å². The predicted molar refractivity (Wildman–Crippen MR) is 67.3 cm³/mol. The van der Waals surface area contributed by atoms with E-state index in [0.717, 1.165) is 19.3 Å². The number of nitrogens with zero attached hydrogens (tertiary/aromatic N) is 1. The number of rotatable bonds is 5. The van der Waals surface area contributed by atoms with E-state index in [2.05, 4.69) is 6.92 Å². The zero-order valence-corrected chi connectivity index (χ0v) is 11.4. The molecule has 0 amide bonds. The Kier molecular flexibility index (Phi) is 5.46. The topological polar surface area (TPSA) is 29.3 Å². The maximum Gasteiger partial charge on any atom is 0.390 e. The smallest absolute Gasteiger partial charge is 0.329 e. The van der Waals surface area contributed by atoms with Crippen molar-refractivity contribution in [3.63, 3.8) is 0 Å². The van der Waals surface area contributed by atoms with E-state index in [1.54, 1.807) is 0 Å². The van der Waals surface area contributed by atoms with Gasteiger partial charge >= 0.3 is 6.18 Å². The van der Waals surface area contributed by atoms with Crippen molar-refractivity contribution in [2.24, 2.45) is 11.7 Å². The molecule has 1 saturated carbocycles. The second kappa shape index (κ2) is 6.24. The molecule has 2 nitrogen and oxygen atoms in total. The molecule has 2 atom stereocenters. The Morgan fingerprint density at radius 1 is 1.39 bits per heavy atom. The summed E-state index contributed by atoms with van der Waals surface area (Å²) < 4.78 is 37.1. The van der Waals surface area contributed by atoms with Gasteiger partial charge in [0.1, 0.15) is 0 Å². The number of halogens is 3. The van der Waals surface area contributed by atoms with Gasteiger partial charge in [0.2, 0.25) is 0 Å². The van der Waals surface area contributed by atoms with Crippen LogP contribution in [0.2, 0.25) is 0 Å². The van der Waals surface area contributed by atoms with Crippen LogP contribution in [0.1, 0.15) is 46.0 Å². The third-order valence-corrected chi connectivity index (χ3v) is 4.17. The van der Waals surface area contributed by atoms with Crippen LogP contribution in [0.15, 0.2) is 0 Å². The van der Waals surface area contributed by atoms with E-state index in [4.69, 9.17) is 5.73 Å². The van der Waals surface area contributed by atoms with E-state index >= 15 is 0 Å². The van der Waals surface area contributed by atoms with Crippen molar-refractivity contribution in [1.29, 1.82) is 0 Å². The zero-order chi connectivity index (χ0) is 13.8. The summed E-state index contributed by atoms with van der Waals surface area (Å²) in [7, 11) is 0. The fraction of sp³-hybridized carbons (Fsp3) is 1.00. The molecule has 0 aromatic rings. The first-order chi connectivity index (χ1) is 8.33. The summed E-state index contributed by atoms with van der Waals surface area (Å²) in [5, 5.41) is 0. The van der Waals surface area contributed by atoms with Gasteiger partial charge in [-0.25, -0.2) is 0 Å². The van der Waals surface area contributed by atoms with Crippen molar-refractivity contribution >= 4 is 0 Å². The second-order valence-electron chi connectivity index (χ2n) is 5.57. The first-order valence-corrected chi connectivity index (χ1v) is 6.85. The van der Waals surface area contributed by atoms with Gasteiger partial charge in [-0.05, 0) is 25.3 Å². The molecule has 0 bridgehead atoms. The molecule has 0 aromatic heterocycles. The van der Waals surface area contributed by atoms with Gasteiger partial charge in [0.15, 0.2) is 0 Å². The number of hydrogen-bond donors (Lipinski definition) is 1. The molecule has 0 radical (unpaired) electrons. The second-order valence-corrected chi connectivity index (χ2v) is 5.57. The zero-order valence-electron chi connectivity index (χ0n) is 11.4. The average molecular weight is 266 g/mol. The molecule has 1 aliphatic rings. The molecule has 1 rings (SSSR count). The van der Waals surface area contributed by atoms with Crippen LogP contribution in [0.4, 0.5) is 13.2 Å². The monoisotopic (exact) mass is 266 g/mol.